The molecule has 0 unspecified atom stereocenters. The Balaban J connectivity index is 1.91. The summed E-state index contributed by atoms with van der Waals surface area (Å²) in [4.78, 5) is 32.6. The number of hydrogen-bond donors (Lipinski definition) is 3. The van der Waals surface area contributed by atoms with E-state index in [1.165, 1.54) is 5.56 Å². The van der Waals surface area contributed by atoms with Gasteiger partial charge in [0.25, 0.3) is 11.8 Å². The quantitative estimate of drug-likeness (QED) is 0.325. The van der Waals surface area contributed by atoms with Crippen molar-refractivity contribution in [1.29, 1.82) is 0 Å². The number of fused-ring (bicyclic) bond motifs is 10. The number of imide groups is 1. The number of carbonyl (C=O) groups is 2. The zero-order valence-electron chi connectivity index (χ0n) is 16.4. The summed E-state index contributed by atoms with van der Waals surface area (Å²) < 4.78 is 0. The van der Waals surface area contributed by atoms with Gasteiger partial charge in [-0.25, -0.2) is 0 Å². The van der Waals surface area contributed by atoms with Gasteiger partial charge >= 0.3 is 0 Å². The summed E-state index contributed by atoms with van der Waals surface area (Å²) in [6.07, 6.45) is 0. The van der Waals surface area contributed by atoms with Gasteiger partial charge in [0, 0.05) is 32.6 Å². The molecule has 0 spiro atoms. The fourth-order valence-corrected chi connectivity index (χ4v) is 4.63. The summed E-state index contributed by atoms with van der Waals surface area (Å²) >= 11 is 0. The van der Waals surface area contributed by atoms with E-state index in [9.17, 15) is 9.59 Å². The molecule has 0 radical (unpaired) electrons. The highest BCUT2D eigenvalue weighted by Crippen LogP contribution is 2.42. The molecule has 0 saturated carbocycles. The number of aromatic nitrogens is 2. The highest BCUT2D eigenvalue weighted by molar-refractivity contribution is 6.39. The molecule has 0 saturated heterocycles. The van der Waals surface area contributed by atoms with E-state index < -0.39 is 0 Å². The van der Waals surface area contributed by atoms with Crippen molar-refractivity contribution in [3.05, 3.63) is 59.2 Å². The number of hydrogen-bond acceptors (Lipinski definition) is 2. The predicted octanol–water partition coefficient (Wildman–Crippen LogP) is 5.14. The van der Waals surface area contributed by atoms with Crippen LogP contribution in [0.25, 0.3) is 43.6 Å². The standard InChI is InChI=1S/C24H19N3O2/c1-24(2,3)11-8-9-15-13(10-11)17-19-18(22(28)27-23(19)29)16-12-6-4-5-7-14(12)25-20(16)21(17)26-15/h4-10,25-26H,1-3H3,(H,27,28,29). The minimum atomic E-state index is -0.331. The van der Waals surface area contributed by atoms with Crippen LogP contribution in [0.5, 0.6) is 0 Å². The van der Waals surface area contributed by atoms with Gasteiger partial charge in [0.15, 0.2) is 0 Å². The first-order chi connectivity index (χ1) is 13.8. The number of benzene rings is 3. The summed E-state index contributed by atoms with van der Waals surface area (Å²) in [6, 6.07) is 14.2. The molecule has 1 aliphatic rings. The number of H-pyrrole nitrogens is 2. The summed E-state index contributed by atoms with van der Waals surface area (Å²) in [5.74, 6) is -0.660. The SMILES string of the molecule is CC(C)(C)c1ccc2[nH]c3c4[nH]c5ccccc5c4c4c(c3c2c1)C(=O)NC4=O. The Morgan fingerprint density at radius 2 is 1.31 bits per heavy atom. The van der Waals surface area contributed by atoms with Crippen LogP contribution in [0.1, 0.15) is 47.1 Å². The highest BCUT2D eigenvalue weighted by atomic mass is 16.2. The smallest absolute Gasteiger partial charge is 0.259 e. The van der Waals surface area contributed by atoms with E-state index in [1.54, 1.807) is 0 Å². The first kappa shape index (κ1) is 16.4. The lowest BCUT2D eigenvalue weighted by Gasteiger charge is -2.19. The van der Waals surface area contributed by atoms with Crippen molar-refractivity contribution in [3.63, 3.8) is 0 Å². The lowest BCUT2D eigenvalue weighted by Crippen LogP contribution is -2.20. The number of carbonyl (C=O) groups excluding carboxylic acids is 2. The van der Waals surface area contributed by atoms with Gasteiger partial charge in [0.1, 0.15) is 0 Å². The summed E-state index contributed by atoms with van der Waals surface area (Å²) in [5.41, 5.74) is 5.72. The van der Waals surface area contributed by atoms with Gasteiger partial charge in [-0.15, -0.1) is 0 Å². The molecule has 3 heterocycles. The van der Waals surface area contributed by atoms with Crippen molar-refractivity contribution >= 4 is 55.4 Å². The molecule has 5 aromatic rings. The maximum Gasteiger partial charge on any atom is 0.259 e. The molecule has 0 atom stereocenters. The zero-order valence-corrected chi connectivity index (χ0v) is 16.4. The first-order valence-electron chi connectivity index (χ1n) is 9.72. The molecule has 1 aliphatic heterocycles. The maximum atomic E-state index is 12.9. The topological polar surface area (TPSA) is 77.8 Å². The Bertz CT molecular complexity index is 1540. The lowest BCUT2D eigenvalue weighted by atomic mass is 9.86. The Morgan fingerprint density at radius 1 is 0.724 bits per heavy atom. The van der Waals surface area contributed by atoms with Crippen molar-refractivity contribution in [3.8, 4) is 0 Å². The molecule has 3 N–H and O–H groups in total. The van der Waals surface area contributed by atoms with Crippen LogP contribution in [0.3, 0.4) is 0 Å². The van der Waals surface area contributed by atoms with Gasteiger partial charge in [-0.3, -0.25) is 14.9 Å². The van der Waals surface area contributed by atoms with Crippen LogP contribution in [0.2, 0.25) is 0 Å². The van der Waals surface area contributed by atoms with E-state index >= 15 is 0 Å². The largest absolute Gasteiger partial charge is 0.353 e. The molecule has 2 amide bonds. The summed E-state index contributed by atoms with van der Waals surface area (Å²) in [6.45, 7) is 6.50. The minimum absolute atomic E-state index is 0.0236. The van der Waals surface area contributed by atoms with E-state index in [0.717, 1.165) is 43.6 Å². The highest BCUT2D eigenvalue weighted by Gasteiger charge is 2.34. The number of para-hydroxylation sites is 1. The average molecular weight is 381 g/mol. The number of aromatic amines is 2. The van der Waals surface area contributed by atoms with E-state index in [2.05, 4.69) is 54.3 Å². The second-order valence-corrected chi connectivity index (χ2v) is 8.84. The second kappa shape index (κ2) is 5.06. The minimum Gasteiger partial charge on any atom is -0.353 e. The monoisotopic (exact) mass is 381 g/mol. The molecular weight excluding hydrogens is 362 g/mol. The molecule has 142 valence electrons. The van der Waals surface area contributed by atoms with Crippen LogP contribution < -0.4 is 5.32 Å². The van der Waals surface area contributed by atoms with Gasteiger partial charge < -0.3 is 9.97 Å². The van der Waals surface area contributed by atoms with E-state index in [4.69, 9.17) is 0 Å². The van der Waals surface area contributed by atoms with Crippen LogP contribution in [0.15, 0.2) is 42.5 Å². The van der Waals surface area contributed by atoms with Crippen LogP contribution >= 0.6 is 0 Å². The zero-order chi connectivity index (χ0) is 20.1. The van der Waals surface area contributed by atoms with Crippen molar-refractivity contribution in [2.75, 3.05) is 0 Å². The molecule has 6 rings (SSSR count). The van der Waals surface area contributed by atoms with Crippen molar-refractivity contribution in [2.45, 2.75) is 26.2 Å². The fourth-order valence-electron chi connectivity index (χ4n) is 4.63. The van der Waals surface area contributed by atoms with Gasteiger partial charge in [0.2, 0.25) is 0 Å². The van der Waals surface area contributed by atoms with Crippen LogP contribution in [0, 0.1) is 0 Å². The first-order valence-corrected chi connectivity index (χ1v) is 9.72. The Hall–Kier alpha value is -3.60. The molecule has 5 heteroatoms. The molecule has 0 fully saturated rings. The van der Waals surface area contributed by atoms with E-state index in [1.807, 2.05) is 24.3 Å². The van der Waals surface area contributed by atoms with Crippen LogP contribution in [0.4, 0.5) is 0 Å². The fraction of sp³-hybridized carbons (Fsp3) is 0.167. The molecule has 29 heavy (non-hydrogen) atoms. The summed E-state index contributed by atoms with van der Waals surface area (Å²) in [7, 11) is 0. The van der Waals surface area contributed by atoms with Gasteiger partial charge in [-0.2, -0.15) is 0 Å². The van der Waals surface area contributed by atoms with Crippen LogP contribution in [-0.2, 0) is 5.41 Å². The third-order valence-corrected chi connectivity index (χ3v) is 6.05. The van der Waals surface area contributed by atoms with Crippen LogP contribution in [-0.4, -0.2) is 21.8 Å². The third-order valence-electron chi connectivity index (χ3n) is 6.05. The number of nitrogens with one attached hydrogen (secondary N) is 3. The molecule has 0 aliphatic carbocycles. The average Bonchev–Trinajstić information content (AvgIpc) is 3.31. The van der Waals surface area contributed by atoms with Gasteiger partial charge in [-0.05, 0) is 29.2 Å². The molecule has 3 aromatic carbocycles. The molecular formula is C24H19N3O2. The molecule has 0 bridgehead atoms. The molecule has 5 nitrogen and oxygen atoms in total. The number of amides is 2. The Morgan fingerprint density at radius 3 is 1.97 bits per heavy atom. The molecule has 2 aromatic heterocycles. The van der Waals surface area contributed by atoms with E-state index in [-0.39, 0.29) is 17.2 Å². The predicted molar refractivity (Wildman–Crippen MR) is 116 cm³/mol. The van der Waals surface area contributed by atoms with E-state index in [0.29, 0.717) is 11.1 Å². The second-order valence-electron chi connectivity index (χ2n) is 8.84. The third kappa shape index (κ3) is 1.99. The Labute approximate surface area is 166 Å². The number of rotatable bonds is 0. The van der Waals surface area contributed by atoms with Crippen molar-refractivity contribution in [1.82, 2.24) is 15.3 Å². The van der Waals surface area contributed by atoms with Crippen molar-refractivity contribution < 1.29 is 9.59 Å². The lowest BCUT2D eigenvalue weighted by molar-refractivity contribution is 0.0880. The van der Waals surface area contributed by atoms with Gasteiger partial charge in [0.05, 0.1) is 22.2 Å². The van der Waals surface area contributed by atoms with Gasteiger partial charge in [-0.1, -0.05) is 45.0 Å². The van der Waals surface area contributed by atoms with Crippen molar-refractivity contribution in [2.24, 2.45) is 0 Å². The maximum absolute atomic E-state index is 12.9. The Kier molecular flexibility index (Phi) is 2.85. The normalized spacial score (nSPS) is 14.4. The summed E-state index contributed by atoms with van der Waals surface area (Å²) in [5, 5.41) is 6.03.